The molecular weight excluding hydrogens is 382 g/mol. The number of halogens is 1. The molecule has 0 spiro atoms. The van der Waals surface area contributed by atoms with Gasteiger partial charge in [-0.15, -0.1) is 11.6 Å². The maximum Gasteiger partial charge on any atom is 0.240 e. The van der Waals surface area contributed by atoms with E-state index in [-0.39, 0.29) is 16.7 Å². The number of rotatable bonds is 3. The summed E-state index contributed by atoms with van der Waals surface area (Å²) in [6, 6.07) is 11.0. The van der Waals surface area contributed by atoms with Crippen LogP contribution in [0.2, 0.25) is 0 Å². The van der Waals surface area contributed by atoms with Crippen LogP contribution in [0.5, 0.6) is 0 Å². The molecule has 1 aromatic carbocycles. The minimum absolute atomic E-state index is 0.164. The van der Waals surface area contributed by atoms with E-state index in [9.17, 15) is 4.79 Å². The predicted molar refractivity (Wildman–Crippen MR) is 121 cm³/mol. The molecule has 2 bridgehead atoms. The average molecular weight is 420 g/mol. The number of carbonyl (C=O) groups is 1. The molecule has 29 heavy (non-hydrogen) atoms. The van der Waals surface area contributed by atoms with E-state index in [1.165, 1.54) is 24.8 Å². The number of hydrogen-bond donors (Lipinski definition) is 2. The third-order valence-electron chi connectivity index (χ3n) is 6.93. The standard InChI is InChI=1S/C22H33N3O.C2H5Cl/c1-17-12-18-14-21(2,20(26)24-25-10-8-23-9-11-25)16-22(13-17,15-18)19-6-4-3-5-7-19;1-2-3/h3-7,17-18,23H,8-16H2,1-2H3,(H,24,26);2H2,1H3. The van der Waals surface area contributed by atoms with Gasteiger partial charge >= 0.3 is 0 Å². The zero-order valence-electron chi connectivity index (χ0n) is 18.3. The number of alkyl halides is 1. The van der Waals surface area contributed by atoms with E-state index in [1.54, 1.807) is 0 Å². The van der Waals surface area contributed by atoms with Gasteiger partial charge in [0.05, 0.1) is 0 Å². The second-order valence-electron chi connectivity index (χ2n) is 9.65. The lowest BCUT2D eigenvalue weighted by atomic mass is 9.50. The molecule has 4 atom stereocenters. The molecule has 4 rings (SSSR count). The summed E-state index contributed by atoms with van der Waals surface area (Å²) < 4.78 is 0. The van der Waals surface area contributed by atoms with Gasteiger partial charge in [-0.3, -0.25) is 10.2 Å². The van der Waals surface area contributed by atoms with Crippen molar-refractivity contribution in [3.05, 3.63) is 35.9 Å². The Morgan fingerprint density at radius 3 is 2.52 bits per heavy atom. The van der Waals surface area contributed by atoms with Crippen LogP contribution in [0, 0.1) is 17.3 Å². The van der Waals surface area contributed by atoms with Gasteiger partial charge in [0.25, 0.3) is 0 Å². The van der Waals surface area contributed by atoms with Gasteiger partial charge in [0, 0.05) is 37.5 Å². The van der Waals surface area contributed by atoms with Gasteiger partial charge in [-0.05, 0) is 54.9 Å². The zero-order chi connectivity index (χ0) is 20.9. The summed E-state index contributed by atoms with van der Waals surface area (Å²) in [6.07, 6.45) is 5.74. The number of amides is 1. The topological polar surface area (TPSA) is 44.4 Å². The number of carbonyl (C=O) groups excluding carboxylic acids is 1. The molecule has 1 amide bonds. The average Bonchev–Trinajstić information content (AvgIpc) is 2.69. The molecule has 1 aromatic rings. The van der Waals surface area contributed by atoms with Gasteiger partial charge in [0.1, 0.15) is 0 Å². The Balaban J connectivity index is 0.000000755. The summed E-state index contributed by atoms with van der Waals surface area (Å²) in [5.74, 6) is 2.36. The second kappa shape index (κ2) is 9.80. The molecule has 1 aliphatic heterocycles. The lowest BCUT2D eigenvalue weighted by Gasteiger charge is -2.54. The fraction of sp³-hybridized carbons (Fsp3) is 0.708. The summed E-state index contributed by atoms with van der Waals surface area (Å²) in [7, 11) is 0. The van der Waals surface area contributed by atoms with Gasteiger partial charge in [-0.25, -0.2) is 5.01 Å². The van der Waals surface area contributed by atoms with E-state index in [2.05, 4.69) is 59.9 Å². The molecule has 2 aliphatic carbocycles. The van der Waals surface area contributed by atoms with Crippen LogP contribution in [0.4, 0.5) is 0 Å². The summed E-state index contributed by atoms with van der Waals surface area (Å²) >= 11 is 5.00. The van der Waals surface area contributed by atoms with Crippen LogP contribution < -0.4 is 10.7 Å². The maximum atomic E-state index is 13.3. The van der Waals surface area contributed by atoms with Crippen molar-refractivity contribution in [2.45, 2.75) is 58.3 Å². The highest BCUT2D eigenvalue weighted by atomic mass is 35.5. The summed E-state index contributed by atoms with van der Waals surface area (Å²) in [5.41, 5.74) is 4.58. The predicted octanol–water partition coefficient (Wildman–Crippen LogP) is 4.34. The monoisotopic (exact) mass is 419 g/mol. The van der Waals surface area contributed by atoms with Gasteiger partial charge in [0.2, 0.25) is 5.91 Å². The quantitative estimate of drug-likeness (QED) is 0.716. The van der Waals surface area contributed by atoms with Crippen molar-refractivity contribution in [1.29, 1.82) is 0 Å². The van der Waals surface area contributed by atoms with Crippen LogP contribution >= 0.6 is 11.6 Å². The van der Waals surface area contributed by atoms with E-state index < -0.39 is 0 Å². The molecule has 4 nitrogen and oxygen atoms in total. The molecular formula is C24H38ClN3O. The molecule has 3 aliphatic rings. The fourth-order valence-electron chi connectivity index (χ4n) is 6.15. The first-order valence-corrected chi connectivity index (χ1v) is 11.8. The second-order valence-corrected chi connectivity index (χ2v) is 10.2. The Morgan fingerprint density at radius 1 is 1.21 bits per heavy atom. The molecule has 2 saturated carbocycles. The van der Waals surface area contributed by atoms with Crippen molar-refractivity contribution in [1.82, 2.24) is 15.8 Å². The molecule has 5 heteroatoms. The first kappa shape index (κ1) is 22.6. The highest BCUT2D eigenvalue weighted by Gasteiger charge is 2.53. The summed E-state index contributed by atoms with van der Waals surface area (Å²) in [6.45, 7) is 10.2. The molecule has 4 unspecified atom stereocenters. The van der Waals surface area contributed by atoms with E-state index in [4.69, 9.17) is 11.6 Å². The van der Waals surface area contributed by atoms with Crippen LogP contribution in [0.1, 0.15) is 58.4 Å². The number of fused-ring (bicyclic) bond motifs is 2. The molecule has 1 saturated heterocycles. The van der Waals surface area contributed by atoms with Gasteiger partial charge in [-0.2, -0.15) is 0 Å². The number of nitrogens with zero attached hydrogens (tertiary/aromatic N) is 1. The van der Waals surface area contributed by atoms with Crippen LogP contribution in [0.15, 0.2) is 30.3 Å². The molecule has 0 radical (unpaired) electrons. The lowest BCUT2D eigenvalue weighted by Crippen LogP contribution is -2.58. The Kier molecular flexibility index (Phi) is 7.63. The smallest absolute Gasteiger partial charge is 0.240 e. The first-order valence-electron chi connectivity index (χ1n) is 11.3. The van der Waals surface area contributed by atoms with Crippen molar-refractivity contribution >= 4 is 17.5 Å². The molecule has 162 valence electrons. The van der Waals surface area contributed by atoms with E-state index in [0.29, 0.717) is 5.92 Å². The van der Waals surface area contributed by atoms with Crippen molar-refractivity contribution in [3.63, 3.8) is 0 Å². The number of benzene rings is 1. The van der Waals surface area contributed by atoms with Crippen molar-refractivity contribution in [2.75, 3.05) is 32.1 Å². The van der Waals surface area contributed by atoms with E-state index in [0.717, 1.165) is 50.8 Å². The minimum atomic E-state index is -0.274. The maximum absolute atomic E-state index is 13.3. The van der Waals surface area contributed by atoms with Gasteiger partial charge < -0.3 is 5.32 Å². The van der Waals surface area contributed by atoms with Crippen LogP contribution in [-0.2, 0) is 10.2 Å². The van der Waals surface area contributed by atoms with Crippen molar-refractivity contribution < 1.29 is 4.79 Å². The van der Waals surface area contributed by atoms with Gasteiger partial charge in [0.15, 0.2) is 0 Å². The normalized spacial score (nSPS) is 34.6. The van der Waals surface area contributed by atoms with Crippen LogP contribution in [0.3, 0.4) is 0 Å². The number of hydrogen-bond acceptors (Lipinski definition) is 3. The third kappa shape index (κ3) is 5.34. The number of hydrazine groups is 1. The van der Waals surface area contributed by atoms with Crippen LogP contribution in [-0.4, -0.2) is 43.0 Å². The van der Waals surface area contributed by atoms with Crippen molar-refractivity contribution in [2.24, 2.45) is 17.3 Å². The Bertz CT molecular complexity index is 659. The van der Waals surface area contributed by atoms with Gasteiger partial charge in [-0.1, -0.05) is 51.1 Å². The fourth-order valence-corrected chi connectivity index (χ4v) is 6.15. The van der Waals surface area contributed by atoms with E-state index in [1.807, 2.05) is 6.92 Å². The zero-order valence-corrected chi connectivity index (χ0v) is 19.1. The first-order chi connectivity index (χ1) is 13.9. The van der Waals surface area contributed by atoms with Crippen LogP contribution in [0.25, 0.3) is 0 Å². The van der Waals surface area contributed by atoms with Crippen molar-refractivity contribution in [3.8, 4) is 0 Å². The Labute approximate surface area is 181 Å². The van der Waals surface area contributed by atoms with E-state index >= 15 is 0 Å². The SMILES string of the molecule is CC1CC2CC(C)(C(=O)NN3CCNCC3)CC(c3ccccc3)(C1)C2.CCCl. The largest absolute Gasteiger partial charge is 0.314 e. The Morgan fingerprint density at radius 2 is 1.86 bits per heavy atom. The summed E-state index contributed by atoms with van der Waals surface area (Å²) in [5, 5.41) is 5.45. The Hall–Kier alpha value is -1.10. The number of nitrogens with one attached hydrogen (secondary N) is 2. The number of piperazine rings is 1. The molecule has 0 aromatic heterocycles. The third-order valence-corrected chi connectivity index (χ3v) is 6.93. The highest BCUT2D eigenvalue weighted by Crippen LogP contribution is 2.58. The summed E-state index contributed by atoms with van der Waals surface area (Å²) in [4.78, 5) is 13.3. The lowest BCUT2D eigenvalue weighted by molar-refractivity contribution is -0.142. The molecule has 3 fully saturated rings. The molecule has 2 N–H and O–H groups in total. The highest BCUT2D eigenvalue weighted by molar-refractivity contribution is 6.17. The minimum Gasteiger partial charge on any atom is -0.314 e. The molecule has 1 heterocycles.